The van der Waals surface area contributed by atoms with E-state index in [0.29, 0.717) is 6.42 Å². The summed E-state index contributed by atoms with van der Waals surface area (Å²) in [6, 6.07) is 11.2. The maximum atomic E-state index is 13.2. The van der Waals surface area contributed by atoms with Crippen molar-refractivity contribution in [2.75, 3.05) is 7.11 Å². The van der Waals surface area contributed by atoms with Crippen molar-refractivity contribution in [1.82, 2.24) is 4.72 Å². The van der Waals surface area contributed by atoms with Crippen LogP contribution in [0.2, 0.25) is 5.02 Å². The third-order valence-corrected chi connectivity index (χ3v) is 7.71. The van der Waals surface area contributed by atoms with Gasteiger partial charge in [0.2, 0.25) is 10.0 Å². The molecule has 1 spiro atoms. The molecule has 6 nitrogen and oxygen atoms in total. The van der Waals surface area contributed by atoms with Crippen molar-refractivity contribution < 1.29 is 22.7 Å². The summed E-state index contributed by atoms with van der Waals surface area (Å²) in [5.41, 5.74) is 0.481. The average Bonchev–Trinajstić information content (AvgIpc) is 2.73. The second-order valence-corrected chi connectivity index (χ2v) is 10.0. The molecule has 1 fully saturated rings. The van der Waals surface area contributed by atoms with Gasteiger partial charge in [0, 0.05) is 12.0 Å². The summed E-state index contributed by atoms with van der Waals surface area (Å²) in [6.07, 6.45) is 5.70. The Kier molecular flexibility index (Phi) is 5.79. The Balaban J connectivity index is 1.68. The number of rotatable bonds is 4. The van der Waals surface area contributed by atoms with Crippen LogP contribution in [-0.4, -0.2) is 27.1 Å². The number of halogens is 1. The molecule has 0 amide bonds. The van der Waals surface area contributed by atoms with Crippen LogP contribution in [0.4, 0.5) is 0 Å². The van der Waals surface area contributed by atoms with Gasteiger partial charge in [0.05, 0.1) is 28.6 Å². The molecular formula is C22H24ClNO5S. The van der Waals surface area contributed by atoms with E-state index in [4.69, 9.17) is 21.1 Å². The molecule has 1 atom stereocenters. The molecule has 2 aromatic carbocycles. The molecule has 1 N–H and O–H groups in total. The van der Waals surface area contributed by atoms with Crippen molar-refractivity contribution in [2.45, 2.75) is 55.1 Å². The second-order valence-electron chi connectivity index (χ2n) is 7.89. The number of hydrogen-bond acceptors (Lipinski definition) is 5. The molecular weight excluding hydrogens is 426 g/mol. The molecule has 1 saturated carbocycles. The summed E-state index contributed by atoms with van der Waals surface area (Å²) in [4.78, 5) is 11.9. The van der Waals surface area contributed by atoms with Crippen LogP contribution >= 0.6 is 11.6 Å². The smallest absolute Gasteiger partial charge is 0.339 e. The number of carbonyl (C=O) groups excluding carboxylic acids is 1. The van der Waals surface area contributed by atoms with Crippen molar-refractivity contribution in [3.63, 3.8) is 0 Å². The maximum Gasteiger partial charge on any atom is 0.339 e. The van der Waals surface area contributed by atoms with Crippen molar-refractivity contribution in [2.24, 2.45) is 0 Å². The number of methoxy groups -OCH3 is 1. The van der Waals surface area contributed by atoms with Crippen LogP contribution in [0.5, 0.6) is 5.75 Å². The van der Waals surface area contributed by atoms with E-state index < -0.39 is 22.0 Å². The zero-order valence-corrected chi connectivity index (χ0v) is 18.3. The molecule has 160 valence electrons. The van der Waals surface area contributed by atoms with Gasteiger partial charge >= 0.3 is 5.97 Å². The summed E-state index contributed by atoms with van der Waals surface area (Å²) in [6.45, 7) is 0. The monoisotopic (exact) mass is 449 g/mol. The second kappa shape index (κ2) is 8.21. The quantitative estimate of drug-likeness (QED) is 0.688. The van der Waals surface area contributed by atoms with Gasteiger partial charge in [-0.15, -0.1) is 0 Å². The van der Waals surface area contributed by atoms with E-state index in [2.05, 4.69) is 4.72 Å². The normalized spacial score (nSPS) is 20.3. The Morgan fingerprint density at radius 1 is 1.17 bits per heavy atom. The molecule has 30 heavy (non-hydrogen) atoms. The van der Waals surface area contributed by atoms with Gasteiger partial charge in [-0.3, -0.25) is 0 Å². The fourth-order valence-corrected chi connectivity index (χ4v) is 5.85. The number of benzene rings is 2. The van der Waals surface area contributed by atoms with Crippen molar-refractivity contribution >= 4 is 27.6 Å². The lowest BCUT2D eigenvalue weighted by Crippen LogP contribution is -2.46. The Labute approximate surface area is 181 Å². The molecule has 0 radical (unpaired) electrons. The maximum absolute atomic E-state index is 13.2. The van der Waals surface area contributed by atoms with Gasteiger partial charge in [0.1, 0.15) is 11.4 Å². The van der Waals surface area contributed by atoms with Gasteiger partial charge in [0.15, 0.2) is 0 Å². The van der Waals surface area contributed by atoms with E-state index in [0.717, 1.165) is 37.0 Å². The minimum absolute atomic E-state index is 0.0122. The van der Waals surface area contributed by atoms with Crippen molar-refractivity contribution in [3.8, 4) is 5.75 Å². The molecule has 0 aromatic heterocycles. The number of para-hydroxylation sites is 1. The van der Waals surface area contributed by atoms with E-state index in [-0.39, 0.29) is 21.1 Å². The number of sulfonamides is 1. The Morgan fingerprint density at radius 3 is 2.63 bits per heavy atom. The highest BCUT2D eigenvalue weighted by atomic mass is 35.5. The lowest BCUT2D eigenvalue weighted by molar-refractivity contribution is 0.0000722. The standard InChI is InChI=1S/C22H24ClNO5S/c1-28-21(25)17-13-15(9-10-18(17)23)30(26,27)24-19-14-22(11-5-2-6-12-22)29-20-8-4-3-7-16(19)20/h3-4,7-10,13,19,24H,2,5-6,11-12,14H2,1H3. The Bertz CT molecular complexity index is 1060. The molecule has 1 heterocycles. The van der Waals surface area contributed by atoms with Crippen LogP contribution in [-0.2, 0) is 14.8 Å². The lowest BCUT2D eigenvalue weighted by Gasteiger charge is -2.44. The van der Waals surface area contributed by atoms with E-state index >= 15 is 0 Å². The highest BCUT2D eigenvalue weighted by molar-refractivity contribution is 7.89. The van der Waals surface area contributed by atoms with Crippen LogP contribution in [0, 0.1) is 0 Å². The SMILES string of the molecule is COC(=O)c1cc(S(=O)(=O)NC2CC3(CCCCC3)Oc3ccccc32)ccc1Cl. The summed E-state index contributed by atoms with van der Waals surface area (Å²) in [5, 5.41) is 0.137. The minimum atomic E-state index is -3.91. The first-order valence-corrected chi connectivity index (χ1v) is 11.9. The van der Waals surface area contributed by atoms with Gasteiger partial charge in [-0.05, 0) is 49.9 Å². The number of ether oxygens (including phenoxy) is 2. The Morgan fingerprint density at radius 2 is 1.90 bits per heavy atom. The highest BCUT2D eigenvalue weighted by Crippen LogP contribution is 2.46. The number of carbonyl (C=O) groups is 1. The molecule has 2 aromatic rings. The van der Waals surface area contributed by atoms with Crippen molar-refractivity contribution in [3.05, 3.63) is 58.6 Å². The first kappa shape index (κ1) is 21.2. The van der Waals surface area contributed by atoms with Gasteiger partial charge in [0.25, 0.3) is 0 Å². The van der Waals surface area contributed by atoms with Crippen molar-refractivity contribution in [1.29, 1.82) is 0 Å². The molecule has 0 bridgehead atoms. The third-order valence-electron chi connectivity index (χ3n) is 5.91. The first-order chi connectivity index (χ1) is 14.3. The minimum Gasteiger partial charge on any atom is -0.487 e. The van der Waals surface area contributed by atoms with Gasteiger partial charge < -0.3 is 9.47 Å². The van der Waals surface area contributed by atoms with E-state index in [1.807, 2.05) is 24.3 Å². The van der Waals surface area contributed by atoms with Crippen LogP contribution in [0.25, 0.3) is 0 Å². The van der Waals surface area contributed by atoms with Crippen LogP contribution in [0.1, 0.15) is 60.5 Å². The molecule has 1 unspecified atom stereocenters. The molecule has 2 aliphatic rings. The van der Waals surface area contributed by atoms with Crippen LogP contribution in [0.3, 0.4) is 0 Å². The summed E-state index contributed by atoms with van der Waals surface area (Å²) in [5.74, 6) is 0.0410. The molecule has 0 saturated heterocycles. The van der Waals surface area contributed by atoms with E-state index in [9.17, 15) is 13.2 Å². The average molecular weight is 450 g/mol. The fourth-order valence-electron chi connectivity index (χ4n) is 4.42. The largest absolute Gasteiger partial charge is 0.487 e. The number of fused-ring (bicyclic) bond motifs is 1. The summed E-state index contributed by atoms with van der Waals surface area (Å²) in [7, 11) is -2.69. The summed E-state index contributed by atoms with van der Waals surface area (Å²) < 4.78 is 40.3. The summed E-state index contributed by atoms with van der Waals surface area (Å²) >= 11 is 6.04. The van der Waals surface area contributed by atoms with Gasteiger partial charge in [-0.1, -0.05) is 36.2 Å². The van der Waals surface area contributed by atoms with E-state index in [1.54, 1.807) is 0 Å². The van der Waals surface area contributed by atoms with Gasteiger partial charge in [-0.25, -0.2) is 17.9 Å². The molecule has 1 aliphatic carbocycles. The van der Waals surface area contributed by atoms with Gasteiger partial charge in [-0.2, -0.15) is 0 Å². The predicted octanol–water partition coefficient (Wildman–Crippen LogP) is 4.63. The lowest BCUT2D eigenvalue weighted by atomic mass is 9.77. The first-order valence-electron chi connectivity index (χ1n) is 10.0. The fraction of sp³-hybridized carbons (Fsp3) is 0.409. The predicted molar refractivity (Wildman–Crippen MR) is 113 cm³/mol. The van der Waals surface area contributed by atoms with Crippen LogP contribution in [0.15, 0.2) is 47.4 Å². The highest BCUT2D eigenvalue weighted by Gasteiger charge is 2.43. The topological polar surface area (TPSA) is 81.7 Å². The van der Waals surface area contributed by atoms with E-state index in [1.165, 1.54) is 31.7 Å². The number of esters is 1. The molecule has 4 rings (SSSR count). The molecule has 8 heteroatoms. The zero-order chi connectivity index (χ0) is 21.4. The zero-order valence-electron chi connectivity index (χ0n) is 16.7. The third kappa shape index (κ3) is 4.06. The number of hydrogen-bond donors (Lipinski definition) is 1. The number of nitrogens with one attached hydrogen (secondary N) is 1. The molecule has 1 aliphatic heterocycles. The van der Waals surface area contributed by atoms with Crippen LogP contribution < -0.4 is 9.46 Å². The Hall–Kier alpha value is -2.09.